The van der Waals surface area contributed by atoms with E-state index >= 15 is 0 Å². The number of anilines is 1. The zero-order chi connectivity index (χ0) is 28.1. The molecule has 0 radical (unpaired) electrons. The third kappa shape index (κ3) is 13.0. The molecule has 0 saturated heterocycles. The number of hydrogen-bond acceptors (Lipinski definition) is 6. The number of nitrogens with zero attached hydrogens (tertiary/aromatic N) is 3. The van der Waals surface area contributed by atoms with E-state index in [1.165, 1.54) is 12.1 Å². The van der Waals surface area contributed by atoms with E-state index in [1.807, 2.05) is 11.6 Å². The number of amidine groups is 1. The van der Waals surface area contributed by atoms with Crippen LogP contribution in [-0.4, -0.2) is 27.3 Å². The maximum atomic E-state index is 13.4. The standard InChI is InChI=1S/C29H35ClFN5O3/c1-2-3-4-5-6-7-8-9-10-11-12-13-14-15-16-17-18-19-26(37)33-29-27(35-39-36-29)28(34-38)32-23-20-21-25(31)24(30)22-23/h3-4,6-7,9-10,12-13,15-16,20-22,38H,2,5,8,11,14,17-19H2,1H3,(H,32,34)(H,33,36,37)/b4-3-,7-6-,10-9-,13-12-,16-15-. The third-order valence-electron chi connectivity index (χ3n) is 5.15. The van der Waals surface area contributed by atoms with Gasteiger partial charge in [-0.05, 0) is 73.5 Å². The second-order valence-corrected chi connectivity index (χ2v) is 8.69. The second kappa shape index (κ2) is 19.3. The van der Waals surface area contributed by atoms with E-state index in [4.69, 9.17) is 11.6 Å². The minimum atomic E-state index is -0.602. The van der Waals surface area contributed by atoms with Gasteiger partial charge in [-0.15, -0.1) is 0 Å². The van der Waals surface area contributed by atoms with E-state index in [-0.39, 0.29) is 40.4 Å². The average Bonchev–Trinajstić information content (AvgIpc) is 3.38. The van der Waals surface area contributed by atoms with Crippen molar-refractivity contribution in [2.45, 2.75) is 58.3 Å². The van der Waals surface area contributed by atoms with Crippen LogP contribution in [0.2, 0.25) is 5.02 Å². The molecule has 1 heterocycles. The number of rotatable bonds is 16. The van der Waals surface area contributed by atoms with Gasteiger partial charge in [-0.3, -0.25) is 15.5 Å². The van der Waals surface area contributed by atoms with E-state index in [0.717, 1.165) is 44.6 Å². The van der Waals surface area contributed by atoms with Crippen molar-refractivity contribution < 1.29 is 19.0 Å². The lowest BCUT2D eigenvalue weighted by molar-refractivity contribution is -0.116. The highest BCUT2D eigenvalue weighted by molar-refractivity contribution is 6.31. The van der Waals surface area contributed by atoms with Gasteiger partial charge in [0.25, 0.3) is 0 Å². The number of hydroxylamine groups is 1. The number of hydrogen-bond donors (Lipinski definition) is 3. The SMILES string of the molecule is CC/C=C\C/C=C\C/C=C\C/C=C\C/C=C\CCCC(=O)Nc1nonc1C(=Nc1ccc(F)c(Cl)c1)NO. The Balaban J connectivity index is 1.67. The molecule has 2 rings (SSSR count). The molecule has 208 valence electrons. The Labute approximate surface area is 233 Å². The van der Waals surface area contributed by atoms with Crippen LogP contribution in [0.4, 0.5) is 15.9 Å². The van der Waals surface area contributed by atoms with Crippen LogP contribution in [-0.2, 0) is 4.79 Å². The van der Waals surface area contributed by atoms with E-state index in [2.05, 4.69) is 86.9 Å². The maximum Gasteiger partial charge on any atom is 0.225 e. The number of halogens is 2. The van der Waals surface area contributed by atoms with Gasteiger partial charge in [0.2, 0.25) is 11.7 Å². The first-order chi connectivity index (χ1) is 19.0. The molecule has 0 spiro atoms. The fourth-order valence-corrected chi connectivity index (χ4v) is 3.36. The van der Waals surface area contributed by atoms with Crippen molar-refractivity contribution in [1.82, 2.24) is 15.8 Å². The van der Waals surface area contributed by atoms with Crippen molar-refractivity contribution in [3.63, 3.8) is 0 Å². The van der Waals surface area contributed by atoms with Gasteiger partial charge in [-0.2, -0.15) is 0 Å². The summed E-state index contributed by atoms with van der Waals surface area (Å²) >= 11 is 5.76. The first-order valence-electron chi connectivity index (χ1n) is 12.9. The number of unbranched alkanes of at least 4 members (excludes halogenated alkanes) is 1. The Bertz CT molecular complexity index is 1200. The van der Waals surface area contributed by atoms with Crippen molar-refractivity contribution in [3.8, 4) is 0 Å². The van der Waals surface area contributed by atoms with Gasteiger partial charge in [-0.25, -0.2) is 14.0 Å². The number of allylic oxidation sites excluding steroid dienone is 10. The van der Waals surface area contributed by atoms with Crippen LogP contribution in [0.25, 0.3) is 0 Å². The van der Waals surface area contributed by atoms with E-state index < -0.39 is 5.82 Å². The van der Waals surface area contributed by atoms with Crippen LogP contribution in [0.3, 0.4) is 0 Å². The summed E-state index contributed by atoms with van der Waals surface area (Å²) in [5.41, 5.74) is 2.10. The van der Waals surface area contributed by atoms with Gasteiger partial charge in [-0.1, -0.05) is 79.3 Å². The first kappa shape index (κ1) is 31.4. The van der Waals surface area contributed by atoms with Gasteiger partial charge in [0.05, 0.1) is 10.7 Å². The Morgan fingerprint density at radius 1 is 1.00 bits per heavy atom. The first-order valence-corrected chi connectivity index (χ1v) is 13.2. The maximum absolute atomic E-state index is 13.4. The highest BCUT2D eigenvalue weighted by Crippen LogP contribution is 2.23. The monoisotopic (exact) mass is 555 g/mol. The Morgan fingerprint density at radius 3 is 2.21 bits per heavy atom. The Hall–Kier alpha value is -3.82. The van der Waals surface area contributed by atoms with Gasteiger partial charge in [0.1, 0.15) is 5.82 Å². The van der Waals surface area contributed by atoms with Crippen molar-refractivity contribution in [3.05, 3.63) is 95.5 Å². The van der Waals surface area contributed by atoms with Crippen LogP contribution in [0, 0.1) is 5.82 Å². The lowest BCUT2D eigenvalue weighted by Crippen LogP contribution is -2.23. The normalized spacial score (nSPS) is 12.7. The minimum absolute atomic E-state index is 0.0108. The topological polar surface area (TPSA) is 113 Å². The van der Waals surface area contributed by atoms with Crippen LogP contribution < -0.4 is 10.8 Å². The summed E-state index contributed by atoms with van der Waals surface area (Å²) in [6.07, 6.45) is 27.8. The van der Waals surface area contributed by atoms with Crippen molar-refractivity contribution in [2.24, 2.45) is 4.99 Å². The van der Waals surface area contributed by atoms with Crippen LogP contribution in [0.1, 0.15) is 64.0 Å². The summed E-state index contributed by atoms with van der Waals surface area (Å²) in [5, 5.41) is 19.3. The summed E-state index contributed by atoms with van der Waals surface area (Å²) in [4.78, 5) is 16.4. The van der Waals surface area contributed by atoms with Crippen LogP contribution >= 0.6 is 11.6 Å². The zero-order valence-electron chi connectivity index (χ0n) is 22.0. The Morgan fingerprint density at radius 2 is 1.62 bits per heavy atom. The lowest BCUT2D eigenvalue weighted by Gasteiger charge is -2.05. The molecule has 2 aromatic rings. The molecule has 0 saturated carbocycles. The van der Waals surface area contributed by atoms with E-state index in [1.54, 1.807) is 0 Å². The molecule has 1 aromatic heterocycles. The molecule has 0 aliphatic carbocycles. The van der Waals surface area contributed by atoms with E-state index in [0.29, 0.717) is 6.42 Å². The van der Waals surface area contributed by atoms with Crippen LogP contribution in [0.15, 0.2) is 88.6 Å². The van der Waals surface area contributed by atoms with E-state index in [9.17, 15) is 14.4 Å². The molecular formula is C29H35ClFN5O3. The number of carbonyl (C=O) groups excluding carboxylic acids is 1. The lowest BCUT2D eigenvalue weighted by atomic mass is 10.2. The fraction of sp³-hybridized carbons (Fsp3) is 0.310. The predicted molar refractivity (Wildman–Crippen MR) is 154 cm³/mol. The molecule has 0 bridgehead atoms. The summed E-state index contributed by atoms with van der Waals surface area (Å²) in [5.74, 6) is -1.06. The number of nitrogens with one attached hydrogen (secondary N) is 2. The number of carbonyl (C=O) groups is 1. The molecule has 0 unspecified atom stereocenters. The summed E-state index contributed by atoms with van der Waals surface area (Å²) in [6.45, 7) is 2.13. The Kier molecular flexibility index (Phi) is 15.5. The second-order valence-electron chi connectivity index (χ2n) is 8.28. The zero-order valence-corrected chi connectivity index (χ0v) is 22.8. The molecule has 0 aliphatic heterocycles. The van der Waals surface area contributed by atoms with Crippen LogP contribution in [0.5, 0.6) is 0 Å². The highest BCUT2D eigenvalue weighted by atomic mass is 35.5. The summed E-state index contributed by atoms with van der Waals surface area (Å²) < 4.78 is 18.1. The average molecular weight is 556 g/mol. The number of aromatic nitrogens is 2. The van der Waals surface area contributed by atoms with Gasteiger partial charge >= 0.3 is 0 Å². The molecule has 8 nitrogen and oxygen atoms in total. The third-order valence-corrected chi connectivity index (χ3v) is 5.44. The summed E-state index contributed by atoms with van der Waals surface area (Å²) in [7, 11) is 0. The smallest absolute Gasteiger partial charge is 0.225 e. The number of amides is 1. The fourth-order valence-electron chi connectivity index (χ4n) is 3.18. The largest absolute Gasteiger partial charge is 0.306 e. The van der Waals surface area contributed by atoms with Gasteiger partial charge in [0.15, 0.2) is 11.5 Å². The molecule has 3 N–H and O–H groups in total. The predicted octanol–water partition coefficient (Wildman–Crippen LogP) is 7.78. The van der Waals surface area contributed by atoms with Crippen molar-refractivity contribution in [1.29, 1.82) is 0 Å². The molecule has 0 atom stereocenters. The van der Waals surface area contributed by atoms with Gasteiger partial charge in [0, 0.05) is 6.42 Å². The molecule has 10 heteroatoms. The molecule has 1 aromatic carbocycles. The molecule has 1 amide bonds. The van der Waals surface area contributed by atoms with Gasteiger partial charge < -0.3 is 5.32 Å². The molecule has 0 aliphatic rings. The number of aliphatic imine (C=N–C) groups is 1. The number of benzene rings is 1. The van der Waals surface area contributed by atoms with Crippen molar-refractivity contribution >= 4 is 34.8 Å². The van der Waals surface area contributed by atoms with Crippen molar-refractivity contribution in [2.75, 3.05) is 5.32 Å². The highest BCUT2D eigenvalue weighted by Gasteiger charge is 2.18. The minimum Gasteiger partial charge on any atom is -0.306 e. The molecular weight excluding hydrogens is 521 g/mol. The quantitative estimate of drug-likeness (QED) is 0.0640. The molecule has 0 fully saturated rings. The summed E-state index contributed by atoms with van der Waals surface area (Å²) in [6, 6.07) is 3.77. The molecule has 39 heavy (non-hydrogen) atoms.